The van der Waals surface area contributed by atoms with E-state index in [0.29, 0.717) is 10.7 Å². The Morgan fingerprint density at radius 2 is 2.06 bits per heavy atom. The first-order chi connectivity index (χ1) is 8.25. The van der Waals surface area contributed by atoms with Crippen LogP contribution in [0.5, 0.6) is 0 Å². The predicted octanol–water partition coefficient (Wildman–Crippen LogP) is 1.76. The van der Waals surface area contributed by atoms with Crippen LogP contribution in [-0.4, -0.2) is 37.6 Å². The SMILES string of the molecule is Nc1cc(CCCN2CCNCC2)ccc1Cl. The molecular weight excluding hydrogens is 234 g/mol. The quantitative estimate of drug-likeness (QED) is 0.804. The second-order valence-corrected chi connectivity index (χ2v) is 4.96. The van der Waals surface area contributed by atoms with Crippen LogP contribution in [0.4, 0.5) is 5.69 Å². The molecule has 0 spiro atoms. The van der Waals surface area contributed by atoms with Gasteiger partial charge in [-0.15, -0.1) is 0 Å². The molecule has 1 aromatic rings. The zero-order valence-electron chi connectivity index (χ0n) is 10.1. The van der Waals surface area contributed by atoms with Gasteiger partial charge < -0.3 is 16.0 Å². The van der Waals surface area contributed by atoms with E-state index in [4.69, 9.17) is 17.3 Å². The lowest BCUT2D eigenvalue weighted by atomic mass is 10.1. The third kappa shape index (κ3) is 3.87. The maximum atomic E-state index is 5.90. The standard InChI is InChI=1S/C13H20ClN3/c14-12-4-3-11(10-13(12)15)2-1-7-17-8-5-16-6-9-17/h3-4,10,16H,1-2,5-9,15H2. The summed E-state index contributed by atoms with van der Waals surface area (Å²) in [5.41, 5.74) is 7.75. The van der Waals surface area contributed by atoms with Crippen molar-refractivity contribution in [2.45, 2.75) is 12.8 Å². The van der Waals surface area contributed by atoms with E-state index in [1.807, 2.05) is 12.1 Å². The Morgan fingerprint density at radius 3 is 2.76 bits per heavy atom. The molecule has 4 heteroatoms. The minimum Gasteiger partial charge on any atom is -0.398 e. The van der Waals surface area contributed by atoms with Crippen molar-refractivity contribution < 1.29 is 0 Å². The fraction of sp³-hybridized carbons (Fsp3) is 0.538. The van der Waals surface area contributed by atoms with Gasteiger partial charge in [-0.2, -0.15) is 0 Å². The molecule has 17 heavy (non-hydrogen) atoms. The average Bonchev–Trinajstić information content (AvgIpc) is 2.35. The fourth-order valence-electron chi connectivity index (χ4n) is 2.19. The van der Waals surface area contributed by atoms with Gasteiger partial charge in [0, 0.05) is 26.2 Å². The van der Waals surface area contributed by atoms with E-state index in [0.717, 1.165) is 19.5 Å². The summed E-state index contributed by atoms with van der Waals surface area (Å²) in [7, 11) is 0. The lowest BCUT2D eigenvalue weighted by Gasteiger charge is -2.27. The zero-order chi connectivity index (χ0) is 12.1. The molecule has 1 heterocycles. The van der Waals surface area contributed by atoms with Crippen molar-refractivity contribution in [3.8, 4) is 0 Å². The van der Waals surface area contributed by atoms with Gasteiger partial charge in [-0.25, -0.2) is 0 Å². The number of nitrogen functional groups attached to an aromatic ring is 1. The molecule has 0 bridgehead atoms. The lowest BCUT2D eigenvalue weighted by Crippen LogP contribution is -2.43. The molecule has 0 aliphatic carbocycles. The molecular formula is C13H20ClN3. The first kappa shape index (κ1) is 12.7. The number of anilines is 1. The summed E-state index contributed by atoms with van der Waals surface area (Å²) in [4.78, 5) is 2.51. The first-order valence-corrected chi connectivity index (χ1v) is 6.60. The molecule has 3 nitrogen and oxygen atoms in total. The van der Waals surface area contributed by atoms with Crippen molar-refractivity contribution in [2.24, 2.45) is 0 Å². The van der Waals surface area contributed by atoms with Crippen LogP contribution in [0.15, 0.2) is 18.2 Å². The fourth-order valence-corrected chi connectivity index (χ4v) is 2.31. The molecule has 0 saturated carbocycles. The lowest BCUT2D eigenvalue weighted by molar-refractivity contribution is 0.238. The highest BCUT2D eigenvalue weighted by molar-refractivity contribution is 6.33. The Kier molecular flexibility index (Phi) is 4.66. The van der Waals surface area contributed by atoms with Gasteiger partial charge >= 0.3 is 0 Å². The van der Waals surface area contributed by atoms with E-state index in [1.54, 1.807) is 0 Å². The summed E-state index contributed by atoms with van der Waals surface area (Å²) in [5.74, 6) is 0. The maximum Gasteiger partial charge on any atom is 0.0635 e. The van der Waals surface area contributed by atoms with Crippen molar-refractivity contribution >= 4 is 17.3 Å². The summed E-state index contributed by atoms with van der Waals surface area (Å²) >= 11 is 5.90. The number of aryl methyl sites for hydroxylation is 1. The van der Waals surface area contributed by atoms with E-state index in [-0.39, 0.29) is 0 Å². The molecule has 1 fully saturated rings. The first-order valence-electron chi connectivity index (χ1n) is 6.23. The molecule has 1 aliphatic rings. The van der Waals surface area contributed by atoms with E-state index >= 15 is 0 Å². The summed E-state index contributed by atoms with van der Waals surface area (Å²) in [5, 5.41) is 4.01. The number of rotatable bonds is 4. The summed E-state index contributed by atoms with van der Waals surface area (Å²) < 4.78 is 0. The van der Waals surface area contributed by atoms with Gasteiger partial charge in [-0.3, -0.25) is 0 Å². The number of hydrogen-bond donors (Lipinski definition) is 2. The van der Waals surface area contributed by atoms with Crippen molar-refractivity contribution in [1.82, 2.24) is 10.2 Å². The minimum absolute atomic E-state index is 0.649. The Labute approximate surface area is 108 Å². The third-order valence-corrected chi connectivity index (χ3v) is 3.55. The van der Waals surface area contributed by atoms with Crippen LogP contribution in [0.1, 0.15) is 12.0 Å². The molecule has 2 rings (SSSR count). The number of halogens is 1. The van der Waals surface area contributed by atoms with Crippen LogP contribution in [0.2, 0.25) is 5.02 Å². The second-order valence-electron chi connectivity index (χ2n) is 4.55. The summed E-state index contributed by atoms with van der Waals surface area (Å²) in [6.07, 6.45) is 2.26. The van der Waals surface area contributed by atoms with E-state index in [9.17, 15) is 0 Å². The number of hydrogen-bond acceptors (Lipinski definition) is 3. The molecule has 1 aromatic carbocycles. The van der Waals surface area contributed by atoms with E-state index < -0.39 is 0 Å². The average molecular weight is 254 g/mol. The van der Waals surface area contributed by atoms with Gasteiger partial charge in [0.15, 0.2) is 0 Å². The Bertz CT molecular complexity index is 362. The minimum atomic E-state index is 0.649. The monoisotopic (exact) mass is 253 g/mol. The van der Waals surface area contributed by atoms with Crippen LogP contribution in [0.25, 0.3) is 0 Å². The van der Waals surface area contributed by atoms with Crippen LogP contribution in [-0.2, 0) is 6.42 Å². The van der Waals surface area contributed by atoms with Gasteiger partial charge in [0.25, 0.3) is 0 Å². The van der Waals surface area contributed by atoms with Crippen LogP contribution < -0.4 is 11.1 Å². The molecule has 3 N–H and O–H groups in total. The molecule has 0 radical (unpaired) electrons. The summed E-state index contributed by atoms with van der Waals surface area (Å²) in [6.45, 7) is 5.75. The maximum absolute atomic E-state index is 5.90. The molecule has 1 saturated heterocycles. The van der Waals surface area contributed by atoms with Crippen molar-refractivity contribution in [1.29, 1.82) is 0 Å². The highest BCUT2D eigenvalue weighted by Crippen LogP contribution is 2.20. The molecule has 0 atom stereocenters. The molecule has 0 aromatic heterocycles. The highest BCUT2D eigenvalue weighted by Gasteiger charge is 2.08. The van der Waals surface area contributed by atoms with Gasteiger partial charge in [-0.05, 0) is 37.1 Å². The number of piperazine rings is 1. The normalized spacial score (nSPS) is 17.2. The van der Waals surface area contributed by atoms with Crippen molar-refractivity contribution in [3.05, 3.63) is 28.8 Å². The molecule has 0 unspecified atom stereocenters. The summed E-state index contributed by atoms with van der Waals surface area (Å²) in [6, 6.07) is 5.94. The number of nitrogens with zero attached hydrogens (tertiary/aromatic N) is 1. The Balaban J connectivity index is 1.75. The molecule has 1 aliphatic heterocycles. The van der Waals surface area contributed by atoms with Gasteiger partial charge in [-0.1, -0.05) is 17.7 Å². The van der Waals surface area contributed by atoms with Gasteiger partial charge in [0.1, 0.15) is 0 Å². The topological polar surface area (TPSA) is 41.3 Å². The van der Waals surface area contributed by atoms with Gasteiger partial charge in [0.2, 0.25) is 0 Å². The Morgan fingerprint density at radius 1 is 1.29 bits per heavy atom. The zero-order valence-corrected chi connectivity index (χ0v) is 10.8. The van der Waals surface area contributed by atoms with E-state index in [1.165, 1.54) is 31.6 Å². The number of nitrogens with two attached hydrogens (primary N) is 1. The van der Waals surface area contributed by atoms with Crippen LogP contribution >= 0.6 is 11.6 Å². The highest BCUT2D eigenvalue weighted by atomic mass is 35.5. The smallest absolute Gasteiger partial charge is 0.0635 e. The number of nitrogens with one attached hydrogen (secondary N) is 1. The van der Waals surface area contributed by atoms with Crippen LogP contribution in [0.3, 0.4) is 0 Å². The predicted molar refractivity (Wildman–Crippen MR) is 73.5 cm³/mol. The number of benzene rings is 1. The van der Waals surface area contributed by atoms with Gasteiger partial charge in [0.05, 0.1) is 10.7 Å². The molecule has 94 valence electrons. The Hall–Kier alpha value is -0.770. The van der Waals surface area contributed by atoms with E-state index in [2.05, 4.69) is 16.3 Å². The van der Waals surface area contributed by atoms with Crippen LogP contribution in [0, 0.1) is 0 Å². The molecule has 0 amide bonds. The third-order valence-electron chi connectivity index (χ3n) is 3.21. The van der Waals surface area contributed by atoms with Crippen molar-refractivity contribution in [3.63, 3.8) is 0 Å². The largest absolute Gasteiger partial charge is 0.398 e. The van der Waals surface area contributed by atoms with Crippen molar-refractivity contribution in [2.75, 3.05) is 38.5 Å². The second kappa shape index (κ2) is 6.24.